The minimum Gasteiger partial charge on any atom is -0.508 e. The Balaban J connectivity index is 1.58. The molecule has 0 saturated heterocycles. The third-order valence-electron chi connectivity index (χ3n) is 9.37. The molecule has 12 nitrogen and oxygen atoms in total. The molecule has 10 N–H and O–H groups in total. The Bertz CT molecular complexity index is 1890. The van der Waals surface area contributed by atoms with E-state index in [1.807, 2.05) is 56.3 Å². The summed E-state index contributed by atoms with van der Waals surface area (Å²) in [5.74, 6) is -3.49. The number of hydrogen-bond acceptors (Lipinski definition) is 8. The average Bonchev–Trinajstić information content (AvgIpc) is 3.10. The number of Topliss-reactive ketones (excluding diaryl/α,β-unsaturated/α-hetero) is 2. The summed E-state index contributed by atoms with van der Waals surface area (Å²) in [6.45, 7) is 3.96. The number of nitrogens with one attached hydrogen (secondary N) is 1. The number of fused-ring (bicyclic) bond motifs is 1. The molecule has 4 aromatic rings. The molecular weight excluding hydrogens is 658 g/mol. The van der Waals surface area contributed by atoms with Gasteiger partial charge < -0.3 is 33.4 Å². The fraction of sp³-hybridized carbons (Fsp3) is 0.350. The molecule has 12 heteroatoms. The van der Waals surface area contributed by atoms with Crippen LogP contribution in [0.15, 0.2) is 84.1 Å². The quantitative estimate of drug-likeness (QED) is 0.0477. The van der Waals surface area contributed by atoms with Crippen molar-refractivity contribution in [1.29, 1.82) is 0 Å². The van der Waals surface area contributed by atoms with Crippen molar-refractivity contribution in [1.82, 2.24) is 10.3 Å². The number of ketones is 2. The van der Waals surface area contributed by atoms with Crippen molar-refractivity contribution in [3.63, 3.8) is 0 Å². The Morgan fingerprint density at radius 2 is 1.44 bits per heavy atom. The van der Waals surface area contributed by atoms with Gasteiger partial charge in [-0.1, -0.05) is 42.5 Å². The smallest absolute Gasteiger partial charge is 0.224 e. The van der Waals surface area contributed by atoms with Gasteiger partial charge in [0.15, 0.2) is 11.7 Å². The van der Waals surface area contributed by atoms with Crippen LogP contribution in [0.3, 0.4) is 0 Å². The molecule has 274 valence electrons. The molecule has 52 heavy (non-hydrogen) atoms. The van der Waals surface area contributed by atoms with Crippen LogP contribution in [0.2, 0.25) is 0 Å². The fourth-order valence-corrected chi connectivity index (χ4v) is 6.47. The number of benzene rings is 3. The van der Waals surface area contributed by atoms with E-state index in [-0.39, 0.29) is 55.4 Å². The van der Waals surface area contributed by atoms with Gasteiger partial charge in [-0.3, -0.25) is 29.2 Å². The number of phenols is 1. The highest BCUT2D eigenvalue weighted by atomic mass is 16.3. The first-order chi connectivity index (χ1) is 24.8. The second-order valence-electron chi connectivity index (χ2n) is 13.5. The molecule has 0 fully saturated rings. The van der Waals surface area contributed by atoms with Crippen LogP contribution in [0, 0.1) is 25.7 Å². The number of hydrogen-bond donors (Lipinski definition) is 6. The normalized spacial score (nSPS) is 13.4. The maximum absolute atomic E-state index is 14.2. The molecule has 4 rings (SSSR count). The summed E-state index contributed by atoms with van der Waals surface area (Å²) in [5, 5.41) is 15.1. The van der Waals surface area contributed by atoms with E-state index in [1.54, 1.807) is 36.7 Å². The maximum Gasteiger partial charge on any atom is 0.224 e. The lowest BCUT2D eigenvalue weighted by atomic mass is 9.86. The van der Waals surface area contributed by atoms with Crippen molar-refractivity contribution < 1.29 is 24.3 Å². The number of amides is 2. The van der Waals surface area contributed by atoms with Crippen molar-refractivity contribution in [2.24, 2.45) is 39.8 Å². The predicted octanol–water partition coefficient (Wildman–Crippen LogP) is 3.09. The number of carbonyl (C=O) groups excluding carboxylic acids is 4. The Hall–Kier alpha value is -5.62. The van der Waals surface area contributed by atoms with Crippen LogP contribution in [-0.4, -0.2) is 58.1 Å². The van der Waals surface area contributed by atoms with Crippen LogP contribution in [0.5, 0.6) is 5.75 Å². The molecule has 0 spiro atoms. The third kappa shape index (κ3) is 11.5. The molecule has 0 aliphatic rings. The van der Waals surface area contributed by atoms with E-state index >= 15 is 0 Å². The van der Waals surface area contributed by atoms with Crippen LogP contribution in [0.25, 0.3) is 10.8 Å². The van der Waals surface area contributed by atoms with Crippen LogP contribution in [0.1, 0.15) is 53.5 Å². The molecule has 1 heterocycles. The largest absolute Gasteiger partial charge is 0.508 e. The number of aliphatic imine (C=N–C) groups is 1. The zero-order chi connectivity index (χ0) is 37.8. The second-order valence-corrected chi connectivity index (χ2v) is 13.5. The van der Waals surface area contributed by atoms with Gasteiger partial charge in [0.25, 0.3) is 0 Å². The molecule has 0 unspecified atom stereocenters. The topological polar surface area (TPSA) is 230 Å². The summed E-state index contributed by atoms with van der Waals surface area (Å²) in [5.41, 5.74) is 26.8. The average molecular weight is 708 g/mol. The predicted molar refractivity (Wildman–Crippen MR) is 202 cm³/mol. The van der Waals surface area contributed by atoms with Crippen molar-refractivity contribution in [2.75, 3.05) is 6.54 Å². The summed E-state index contributed by atoms with van der Waals surface area (Å²) < 4.78 is 0. The summed E-state index contributed by atoms with van der Waals surface area (Å²) in [7, 11) is 0. The highest BCUT2D eigenvalue weighted by molar-refractivity contribution is 5.95. The minimum absolute atomic E-state index is 0.0528. The van der Waals surface area contributed by atoms with Crippen molar-refractivity contribution in [3.05, 3.63) is 107 Å². The van der Waals surface area contributed by atoms with E-state index in [4.69, 9.17) is 22.9 Å². The zero-order valence-electron chi connectivity index (χ0n) is 29.8. The zero-order valence-corrected chi connectivity index (χ0v) is 29.8. The summed E-state index contributed by atoms with van der Waals surface area (Å²) in [6.07, 6.45) is 4.15. The molecule has 0 aliphatic carbocycles. The number of rotatable bonds is 19. The lowest BCUT2D eigenvalue weighted by Crippen LogP contribution is -2.47. The van der Waals surface area contributed by atoms with Crippen LogP contribution in [0.4, 0.5) is 0 Å². The SMILES string of the molecule is Cc1cc(O)cc(C)c1C[C@H](CC(=O)[C@H](N)CCCN=C(N)N)C(=O)N[C@@H](Cc1ccncc1)C(=O)C[C@@H](Cc1ccc2ccccc2c1)C(N)=O. The first-order valence-electron chi connectivity index (χ1n) is 17.4. The van der Waals surface area contributed by atoms with E-state index in [1.165, 1.54) is 0 Å². The summed E-state index contributed by atoms with van der Waals surface area (Å²) in [4.78, 5) is 62.4. The van der Waals surface area contributed by atoms with E-state index < -0.39 is 35.7 Å². The minimum atomic E-state index is -1.03. The number of aromatic hydroxyl groups is 1. The lowest BCUT2D eigenvalue weighted by Gasteiger charge is -2.25. The van der Waals surface area contributed by atoms with Crippen molar-refractivity contribution >= 4 is 40.1 Å². The number of nitrogens with two attached hydrogens (primary N) is 4. The summed E-state index contributed by atoms with van der Waals surface area (Å²) in [6, 6.07) is 18.5. The highest BCUT2D eigenvalue weighted by Crippen LogP contribution is 2.26. The molecule has 0 bridgehead atoms. The second kappa shape index (κ2) is 18.6. The molecule has 3 aromatic carbocycles. The number of carbonyl (C=O) groups is 4. The number of aromatic nitrogens is 1. The molecule has 4 atom stereocenters. The molecular formula is C40H49N7O5. The van der Waals surface area contributed by atoms with Gasteiger partial charge >= 0.3 is 0 Å². The molecule has 0 radical (unpaired) electrons. The van der Waals surface area contributed by atoms with E-state index in [2.05, 4.69) is 15.3 Å². The van der Waals surface area contributed by atoms with Gasteiger partial charge in [-0.2, -0.15) is 0 Å². The van der Waals surface area contributed by atoms with Crippen LogP contribution in [-0.2, 0) is 38.4 Å². The molecule has 0 aliphatic heterocycles. The third-order valence-corrected chi connectivity index (χ3v) is 9.37. The Morgan fingerprint density at radius 1 is 0.788 bits per heavy atom. The van der Waals surface area contributed by atoms with Gasteiger partial charge in [-0.05, 0) is 109 Å². The number of pyridine rings is 1. The monoisotopic (exact) mass is 707 g/mol. The van der Waals surface area contributed by atoms with Gasteiger partial charge in [-0.25, -0.2) is 0 Å². The van der Waals surface area contributed by atoms with Crippen LogP contribution < -0.4 is 28.3 Å². The van der Waals surface area contributed by atoms with Crippen LogP contribution >= 0.6 is 0 Å². The van der Waals surface area contributed by atoms with Gasteiger partial charge in [0.05, 0.1) is 12.1 Å². The summed E-state index contributed by atoms with van der Waals surface area (Å²) >= 11 is 0. The Morgan fingerprint density at radius 3 is 2.10 bits per heavy atom. The standard InChI is InChI=1S/C40H49N7O5/c1-24-16-32(48)17-25(2)33(24)21-31(23-36(49)34(41)8-5-13-46-40(43)44)39(52)47-35(20-26-11-14-45-15-12-26)37(50)22-30(38(42)51)19-27-9-10-28-6-3-4-7-29(28)18-27/h3-4,6-7,9-12,14-18,30-31,34-35,48H,5,8,13,19-23,41H2,1-2H3,(H2,42,51)(H,47,52)(H4,43,44,46)/t30-,31-,34-,35+/m1/s1. The van der Waals surface area contributed by atoms with Gasteiger partial charge in [0.1, 0.15) is 11.5 Å². The number of phenolic OH excluding ortho intramolecular Hbond substituents is 1. The first-order valence-corrected chi connectivity index (χ1v) is 17.4. The lowest BCUT2D eigenvalue weighted by molar-refractivity contribution is -0.133. The first kappa shape index (κ1) is 39.2. The van der Waals surface area contributed by atoms with Crippen molar-refractivity contribution in [3.8, 4) is 5.75 Å². The van der Waals surface area contributed by atoms with Gasteiger partial charge in [0.2, 0.25) is 11.8 Å². The molecule has 1 aromatic heterocycles. The van der Waals surface area contributed by atoms with E-state index in [0.717, 1.165) is 38.6 Å². The van der Waals surface area contributed by atoms with Crippen molar-refractivity contribution in [2.45, 2.75) is 70.9 Å². The fourth-order valence-electron chi connectivity index (χ4n) is 6.47. The Kier molecular flexibility index (Phi) is 14.0. The van der Waals surface area contributed by atoms with E-state index in [9.17, 15) is 24.3 Å². The van der Waals surface area contributed by atoms with E-state index in [0.29, 0.717) is 19.4 Å². The highest BCUT2D eigenvalue weighted by Gasteiger charge is 2.32. The number of guanidine groups is 1. The molecule has 2 amide bonds. The Labute approximate surface area is 304 Å². The number of aryl methyl sites for hydroxylation is 2. The molecule has 0 saturated carbocycles. The number of primary amides is 1. The van der Waals surface area contributed by atoms with Gasteiger partial charge in [0, 0.05) is 43.6 Å². The number of nitrogens with zero attached hydrogens (tertiary/aromatic N) is 2. The maximum atomic E-state index is 14.2. The van der Waals surface area contributed by atoms with Gasteiger partial charge in [-0.15, -0.1) is 0 Å².